The Labute approximate surface area is 203 Å². The minimum Gasteiger partial charge on any atom is -0.478 e. The third-order valence-electron chi connectivity index (χ3n) is 6.80. The predicted octanol–water partition coefficient (Wildman–Crippen LogP) is 4.20. The molecule has 1 aliphatic heterocycles. The summed E-state index contributed by atoms with van der Waals surface area (Å²) in [5.74, 6) is -1.05. The van der Waals surface area contributed by atoms with Crippen molar-refractivity contribution in [2.45, 2.75) is 25.3 Å². The number of carboxylic acid groups (broad SMARTS) is 1. The third kappa shape index (κ3) is 4.49. The molecule has 3 aromatic rings. The maximum atomic E-state index is 12.7. The van der Waals surface area contributed by atoms with Gasteiger partial charge in [0.05, 0.1) is 5.56 Å². The summed E-state index contributed by atoms with van der Waals surface area (Å²) in [5.41, 5.74) is 6.57. The molecule has 0 fully saturated rings. The molecule has 0 saturated carbocycles. The van der Waals surface area contributed by atoms with Gasteiger partial charge < -0.3 is 20.1 Å². The van der Waals surface area contributed by atoms with E-state index in [2.05, 4.69) is 29.6 Å². The Hall–Kier alpha value is -4.13. The van der Waals surface area contributed by atoms with Crippen molar-refractivity contribution in [2.75, 3.05) is 19.7 Å². The summed E-state index contributed by atoms with van der Waals surface area (Å²) in [6.07, 6.45) is 0.108. The van der Waals surface area contributed by atoms with Gasteiger partial charge in [-0.1, -0.05) is 60.7 Å². The lowest BCUT2D eigenvalue weighted by Gasteiger charge is -2.29. The zero-order chi connectivity index (χ0) is 24.4. The Morgan fingerprint density at radius 2 is 1.63 bits per heavy atom. The number of hydrogen-bond donors (Lipinski definition) is 2. The molecule has 2 N–H and O–H groups in total. The van der Waals surface area contributed by atoms with E-state index in [1.54, 1.807) is 17.0 Å². The number of carboxylic acids is 1. The highest BCUT2D eigenvalue weighted by Gasteiger charge is 2.29. The fourth-order valence-corrected chi connectivity index (χ4v) is 5.10. The van der Waals surface area contributed by atoms with Gasteiger partial charge in [-0.25, -0.2) is 9.59 Å². The summed E-state index contributed by atoms with van der Waals surface area (Å²) in [7, 11) is 0. The van der Waals surface area contributed by atoms with Crippen molar-refractivity contribution in [1.82, 2.24) is 10.2 Å². The number of hydrogen-bond acceptors (Lipinski definition) is 4. The summed E-state index contributed by atoms with van der Waals surface area (Å²) in [6.45, 7) is 1.23. The van der Waals surface area contributed by atoms with Crippen molar-refractivity contribution < 1.29 is 24.2 Å². The topological polar surface area (TPSA) is 95.9 Å². The molecule has 1 aliphatic carbocycles. The lowest BCUT2D eigenvalue weighted by atomic mass is 9.94. The highest BCUT2D eigenvalue weighted by Crippen LogP contribution is 2.44. The van der Waals surface area contributed by atoms with Crippen molar-refractivity contribution in [2.24, 2.45) is 0 Å². The zero-order valence-corrected chi connectivity index (χ0v) is 19.2. The van der Waals surface area contributed by atoms with Gasteiger partial charge in [-0.15, -0.1) is 0 Å². The first-order valence-electron chi connectivity index (χ1n) is 11.7. The van der Waals surface area contributed by atoms with E-state index in [1.807, 2.05) is 30.3 Å². The molecule has 0 saturated heterocycles. The van der Waals surface area contributed by atoms with Crippen molar-refractivity contribution in [3.63, 3.8) is 0 Å². The molecule has 0 aromatic heterocycles. The van der Waals surface area contributed by atoms with E-state index in [-0.39, 0.29) is 31.4 Å². The number of rotatable bonds is 6. The van der Waals surface area contributed by atoms with Crippen molar-refractivity contribution in [1.29, 1.82) is 0 Å². The van der Waals surface area contributed by atoms with Crippen LogP contribution in [0, 0.1) is 0 Å². The fourth-order valence-electron chi connectivity index (χ4n) is 5.10. The number of aromatic carboxylic acids is 1. The molecular weight excluding hydrogens is 444 g/mol. The summed E-state index contributed by atoms with van der Waals surface area (Å²) >= 11 is 0. The van der Waals surface area contributed by atoms with Gasteiger partial charge in [0.15, 0.2) is 0 Å². The number of ether oxygens (including phenoxy) is 1. The first kappa shape index (κ1) is 22.7. The number of carbonyl (C=O) groups excluding carboxylic acids is 2. The number of alkyl carbamates (subject to hydrolysis) is 1. The minimum atomic E-state index is -0.950. The van der Waals surface area contributed by atoms with Crippen LogP contribution in [0.25, 0.3) is 11.1 Å². The molecule has 0 radical (unpaired) electrons. The van der Waals surface area contributed by atoms with E-state index in [4.69, 9.17) is 4.74 Å². The number of benzene rings is 3. The Morgan fingerprint density at radius 3 is 2.31 bits per heavy atom. The maximum Gasteiger partial charge on any atom is 0.407 e. The molecule has 35 heavy (non-hydrogen) atoms. The van der Waals surface area contributed by atoms with Crippen LogP contribution in [0.4, 0.5) is 4.79 Å². The van der Waals surface area contributed by atoms with Gasteiger partial charge in [-0.05, 0) is 45.9 Å². The molecule has 5 rings (SSSR count). The minimum absolute atomic E-state index is 0.0149. The van der Waals surface area contributed by atoms with Gasteiger partial charge in [-0.2, -0.15) is 0 Å². The number of nitrogens with zero attached hydrogens (tertiary/aromatic N) is 1. The summed E-state index contributed by atoms with van der Waals surface area (Å²) in [6, 6.07) is 21.5. The van der Waals surface area contributed by atoms with Crippen molar-refractivity contribution in [3.05, 3.63) is 94.5 Å². The number of amides is 2. The average Bonchev–Trinajstić information content (AvgIpc) is 3.20. The molecule has 0 bridgehead atoms. The highest BCUT2D eigenvalue weighted by molar-refractivity contribution is 5.90. The predicted molar refractivity (Wildman–Crippen MR) is 130 cm³/mol. The van der Waals surface area contributed by atoms with Crippen LogP contribution >= 0.6 is 0 Å². The zero-order valence-electron chi connectivity index (χ0n) is 19.2. The number of nitrogens with one attached hydrogen (secondary N) is 1. The monoisotopic (exact) mass is 470 g/mol. The molecular formula is C28H26N2O5. The SMILES string of the molecule is O=C(NCCC(=O)N1CCc2c(cccc2C(=O)O)C1)OCC1c2ccccc2-c2ccccc21. The molecule has 0 spiro atoms. The van der Waals surface area contributed by atoms with Crippen molar-refractivity contribution >= 4 is 18.0 Å². The molecule has 1 heterocycles. The number of fused-ring (bicyclic) bond motifs is 4. The van der Waals surface area contributed by atoms with E-state index >= 15 is 0 Å². The van der Waals surface area contributed by atoms with Gasteiger partial charge in [0.2, 0.25) is 5.91 Å². The van der Waals surface area contributed by atoms with Crippen LogP contribution in [0.2, 0.25) is 0 Å². The number of carbonyl (C=O) groups is 3. The van der Waals surface area contributed by atoms with Gasteiger partial charge in [0, 0.05) is 32.0 Å². The van der Waals surface area contributed by atoms with E-state index in [0.29, 0.717) is 25.1 Å². The normalized spacial score (nSPS) is 14.0. The third-order valence-corrected chi connectivity index (χ3v) is 6.80. The van der Waals surface area contributed by atoms with Gasteiger partial charge in [0.1, 0.15) is 6.61 Å². The van der Waals surface area contributed by atoms with Gasteiger partial charge in [0.25, 0.3) is 0 Å². The molecule has 0 atom stereocenters. The molecule has 2 amide bonds. The Kier molecular flexibility index (Phi) is 6.23. The van der Waals surface area contributed by atoms with E-state index < -0.39 is 12.1 Å². The van der Waals surface area contributed by atoms with Crippen LogP contribution in [-0.4, -0.2) is 47.7 Å². The van der Waals surface area contributed by atoms with E-state index in [9.17, 15) is 19.5 Å². The first-order valence-corrected chi connectivity index (χ1v) is 11.7. The maximum absolute atomic E-state index is 12.7. The summed E-state index contributed by atoms with van der Waals surface area (Å²) < 4.78 is 5.52. The second-order valence-corrected chi connectivity index (χ2v) is 8.82. The molecule has 7 heteroatoms. The van der Waals surface area contributed by atoms with Crippen LogP contribution in [0.5, 0.6) is 0 Å². The molecule has 178 valence electrons. The highest BCUT2D eigenvalue weighted by atomic mass is 16.5. The van der Waals surface area contributed by atoms with Crippen LogP contribution in [-0.2, 0) is 22.5 Å². The van der Waals surface area contributed by atoms with E-state index in [1.165, 1.54) is 11.1 Å². The second-order valence-electron chi connectivity index (χ2n) is 8.82. The molecule has 0 unspecified atom stereocenters. The second kappa shape index (κ2) is 9.62. The van der Waals surface area contributed by atoms with Crippen LogP contribution in [0.3, 0.4) is 0 Å². The smallest absolute Gasteiger partial charge is 0.407 e. The van der Waals surface area contributed by atoms with Crippen LogP contribution in [0.15, 0.2) is 66.7 Å². The first-order chi connectivity index (χ1) is 17.0. The lowest BCUT2D eigenvalue weighted by molar-refractivity contribution is -0.132. The average molecular weight is 471 g/mol. The van der Waals surface area contributed by atoms with E-state index in [0.717, 1.165) is 22.3 Å². The Morgan fingerprint density at radius 1 is 0.943 bits per heavy atom. The molecule has 2 aliphatic rings. The lowest BCUT2D eigenvalue weighted by Crippen LogP contribution is -2.38. The summed E-state index contributed by atoms with van der Waals surface area (Å²) in [4.78, 5) is 38.1. The Bertz CT molecular complexity index is 1260. The fraction of sp³-hybridized carbons (Fsp3) is 0.250. The van der Waals surface area contributed by atoms with Crippen molar-refractivity contribution in [3.8, 4) is 11.1 Å². The molecule has 7 nitrogen and oxygen atoms in total. The standard InChI is InChI=1S/C28H26N2O5/c31-26(30-15-13-19-18(16-30)6-5-11-24(19)27(32)33)12-14-29-28(34)35-17-25-22-9-3-1-7-20(22)21-8-2-4-10-23(21)25/h1-11,25H,12-17H2,(H,29,34)(H,32,33). The molecule has 3 aromatic carbocycles. The summed E-state index contributed by atoms with van der Waals surface area (Å²) in [5, 5.41) is 12.0. The largest absolute Gasteiger partial charge is 0.478 e. The Balaban J connectivity index is 1.12. The van der Waals surface area contributed by atoms with Crippen LogP contribution in [0.1, 0.15) is 45.0 Å². The van der Waals surface area contributed by atoms with Gasteiger partial charge in [-0.3, -0.25) is 4.79 Å². The van der Waals surface area contributed by atoms with Crippen LogP contribution < -0.4 is 5.32 Å². The quantitative estimate of drug-likeness (QED) is 0.563. The van der Waals surface area contributed by atoms with Gasteiger partial charge >= 0.3 is 12.1 Å².